The van der Waals surface area contributed by atoms with E-state index in [1.807, 2.05) is 35.6 Å². The van der Waals surface area contributed by atoms with Crippen LogP contribution in [0.15, 0.2) is 158 Å². The minimum Gasteiger partial charge on any atom is -0.354 e. The second kappa shape index (κ2) is 11.4. The van der Waals surface area contributed by atoms with Crippen LogP contribution in [0.5, 0.6) is 0 Å². The van der Waals surface area contributed by atoms with Crippen molar-refractivity contribution < 1.29 is 0 Å². The molecule has 56 heavy (non-hydrogen) atoms. The summed E-state index contributed by atoms with van der Waals surface area (Å²) in [7, 11) is 0. The molecule has 0 spiro atoms. The summed E-state index contributed by atoms with van der Waals surface area (Å²) in [6, 6.07) is 57.4. The summed E-state index contributed by atoms with van der Waals surface area (Å²) in [4.78, 5) is 7.79. The van der Waals surface area contributed by atoms with Gasteiger partial charge >= 0.3 is 0 Å². The lowest BCUT2D eigenvalue weighted by Gasteiger charge is -2.18. The Morgan fingerprint density at radius 2 is 1.25 bits per heavy atom. The van der Waals surface area contributed by atoms with Crippen molar-refractivity contribution in [2.45, 2.75) is 0 Å². The van der Waals surface area contributed by atoms with Crippen molar-refractivity contribution in [2.24, 2.45) is 0 Å². The van der Waals surface area contributed by atoms with Gasteiger partial charge in [0.2, 0.25) is 5.69 Å². The molecule has 6 heteroatoms. The van der Waals surface area contributed by atoms with E-state index in [0.717, 1.165) is 71.8 Å². The maximum atomic E-state index is 10.8. The lowest BCUT2D eigenvalue weighted by molar-refractivity contribution is 1.16. The van der Waals surface area contributed by atoms with Crippen LogP contribution in [0.1, 0.15) is 5.56 Å². The Hall–Kier alpha value is -7.64. The monoisotopic (exact) mass is 729 g/mol. The molecule has 4 aromatic heterocycles. The zero-order valence-electron chi connectivity index (χ0n) is 29.7. The van der Waals surface area contributed by atoms with Gasteiger partial charge in [0.25, 0.3) is 0 Å². The largest absolute Gasteiger partial charge is 0.354 e. The van der Waals surface area contributed by atoms with Gasteiger partial charge in [0.1, 0.15) is 6.07 Å². The lowest BCUT2D eigenvalue weighted by Crippen LogP contribution is -2.01. The first-order valence-electron chi connectivity index (χ1n) is 18.5. The SMILES string of the molecule is [C-]#[N+]c1ccc(-c2cccc(C#N)c2-n2c3ccccc3c3c4c(ccc32)sc2ccccc24)cc1-n1c2ccccc2c2c3[nH]c4ccccc4c3ccc21. The molecule has 0 aliphatic carbocycles. The second-order valence-electron chi connectivity index (χ2n) is 14.3. The van der Waals surface area contributed by atoms with Gasteiger partial charge in [-0.1, -0.05) is 103 Å². The van der Waals surface area contributed by atoms with E-state index in [0.29, 0.717) is 11.3 Å². The van der Waals surface area contributed by atoms with Gasteiger partial charge < -0.3 is 14.1 Å². The minimum absolute atomic E-state index is 0.551. The number of benzene rings is 8. The van der Waals surface area contributed by atoms with Crippen molar-refractivity contribution in [1.29, 1.82) is 5.26 Å². The summed E-state index contributed by atoms with van der Waals surface area (Å²) in [5.41, 5.74) is 10.9. The predicted octanol–water partition coefficient (Wildman–Crippen LogP) is 14.0. The molecule has 0 bridgehead atoms. The van der Waals surface area contributed by atoms with Gasteiger partial charge in [-0.3, -0.25) is 0 Å². The molecule has 0 aliphatic heterocycles. The van der Waals surface area contributed by atoms with E-state index < -0.39 is 0 Å². The Morgan fingerprint density at radius 3 is 2.07 bits per heavy atom. The number of hydrogen-bond acceptors (Lipinski definition) is 2. The first kappa shape index (κ1) is 30.8. The van der Waals surface area contributed by atoms with Crippen LogP contribution < -0.4 is 0 Å². The molecule has 0 atom stereocenters. The first-order valence-corrected chi connectivity index (χ1v) is 19.4. The van der Waals surface area contributed by atoms with Crippen molar-refractivity contribution in [3.8, 4) is 28.6 Å². The average molecular weight is 730 g/mol. The van der Waals surface area contributed by atoms with E-state index in [9.17, 15) is 5.26 Å². The first-order chi connectivity index (χ1) is 27.7. The summed E-state index contributed by atoms with van der Waals surface area (Å²) < 4.78 is 7.01. The molecule has 258 valence electrons. The quantitative estimate of drug-likeness (QED) is 0.181. The van der Waals surface area contributed by atoms with Crippen LogP contribution in [0.25, 0.3) is 113 Å². The molecule has 0 aliphatic rings. The fourth-order valence-corrected chi connectivity index (χ4v) is 10.3. The third kappa shape index (κ3) is 4.06. The van der Waals surface area contributed by atoms with Crippen LogP contribution in [-0.2, 0) is 0 Å². The Bertz CT molecular complexity index is 3740. The van der Waals surface area contributed by atoms with E-state index in [1.165, 1.54) is 36.3 Å². The van der Waals surface area contributed by atoms with Crippen LogP contribution in [0.3, 0.4) is 0 Å². The average Bonchev–Trinajstić information content (AvgIpc) is 4.00. The fourth-order valence-electron chi connectivity index (χ4n) is 9.22. The van der Waals surface area contributed by atoms with Gasteiger partial charge in [0, 0.05) is 63.6 Å². The summed E-state index contributed by atoms with van der Waals surface area (Å²) in [5.74, 6) is 0. The van der Waals surface area contributed by atoms with Crippen LogP contribution >= 0.6 is 11.3 Å². The number of para-hydroxylation sites is 4. The van der Waals surface area contributed by atoms with Gasteiger partial charge in [0.15, 0.2) is 0 Å². The van der Waals surface area contributed by atoms with Crippen molar-refractivity contribution in [1.82, 2.24) is 14.1 Å². The van der Waals surface area contributed by atoms with Crippen LogP contribution in [0.2, 0.25) is 0 Å². The highest BCUT2D eigenvalue weighted by molar-refractivity contribution is 7.26. The molecule has 8 aromatic carbocycles. The van der Waals surface area contributed by atoms with Crippen LogP contribution in [0, 0.1) is 17.9 Å². The predicted molar refractivity (Wildman–Crippen MR) is 234 cm³/mol. The molecule has 0 saturated carbocycles. The zero-order chi connectivity index (χ0) is 37.1. The van der Waals surface area contributed by atoms with Gasteiger partial charge in [-0.05, 0) is 60.2 Å². The molecule has 4 heterocycles. The maximum absolute atomic E-state index is 10.8. The van der Waals surface area contributed by atoms with Gasteiger partial charge in [-0.2, -0.15) is 5.26 Å². The molecule has 1 N–H and O–H groups in total. The third-order valence-corrected chi connectivity index (χ3v) is 12.7. The highest BCUT2D eigenvalue weighted by atomic mass is 32.1. The van der Waals surface area contributed by atoms with Crippen molar-refractivity contribution in [3.63, 3.8) is 0 Å². The van der Waals surface area contributed by atoms with E-state index in [-0.39, 0.29) is 0 Å². The highest BCUT2D eigenvalue weighted by Gasteiger charge is 2.24. The Labute approximate surface area is 323 Å². The van der Waals surface area contributed by atoms with Crippen molar-refractivity contribution >= 4 is 103 Å². The number of fused-ring (bicyclic) bond motifs is 14. The number of nitriles is 1. The second-order valence-corrected chi connectivity index (χ2v) is 15.4. The van der Waals surface area contributed by atoms with Crippen LogP contribution in [-0.4, -0.2) is 14.1 Å². The topological polar surface area (TPSA) is 53.8 Å². The highest BCUT2D eigenvalue weighted by Crippen LogP contribution is 2.46. The van der Waals surface area contributed by atoms with Gasteiger partial charge in [-0.15, -0.1) is 11.3 Å². The fraction of sp³-hybridized carbons (Fsp3) is 0. The summed E-state index contributed by atoms with van der Waals surface area (Å²) in [6.07, 6.45) is 0. The molecular weight excluding hydrogens is 703 g/mol. The minimum atomic E-state index is 0.551. The zero-order valence-corrected chi connectivity index (χ0v) is 30.5. The number of nitrogens with one attached hydrogen (secondary N) is 1. The summed E-state index contributed by atoms with van der Waals surface area (Å²) >= 11 is 1.81. The molecular formula is C50H27N5S. The molecule has 0 radical (unpaired) electrons. The van der Waals surface area contributed by atoms with Crippen molar-refractivity contribution in [3.05, 3.63) is 175 Å². The van der Waals surface area contributed by atoms with Gasteiger partial charge in [-0.25, -0.2) is 4.85 Å². The van der Waals surface area contributed by atoms with E-state index in [2.05, 4.69) is 158 Å². The number of H-pyrrole nitrogens is 1. The third-order valence-electron chi connectivity index (χ3n) is 11.5. The molecule has 5 nitrogen and oxygen atoms in total. The molecule has 0 fully saturated rings. The number of aromatic amines is 1. The van der Waals surface area contributed by atoms with E-state index in [4.69, 9.17) is 6.57 Å². The number of thiophene rings is 1. The van der Waals surface area contributed by atoms with Crippen LogP contribution in [0.4, 0.5) is 5.69 Å². The van der Waals surface area contributed by atoms with Gasteiger partial charge in [0.05, 0.1) is 51.1 Å². The molecule has 0 saturated heterocycles. The number of aromatic nitrogens is 3. The molecule has 0 unspecified atom stereocenters. The van der Waals surface area contributed by atoms with Crippen molar-refractivity contribution in [2.75, 3.05) is 0 Å². The number of nitrogens with zero attached hydrogens (tertiary/aromatic N) is 4. The lowest BCUT2D eigenvalue weighted by atomic mass is 9.98. The smallest absolute Gasteiger partial charge is 0.210 e. The van der Waals surface area contributed by atoms with E-state index in [1.54, 1.807) is 0 Å². The molecule has 12 aromatic rings. The molecule has 12 rings (SSSR count). The maximum Gasteiger partial charge on any atom is 0.210 e. The Kier molecular flexibility index (Phi) is 6.28. The van der Waals surface area contributed by atoms with E-state index >= 15 is 0 Å². The number of hydrogen-bond donors (Lipinski definition) is 1. The molecule has 0 amide bonds. The standard InChI is InChI=1S/C50H27N5S/c1-52-38-23-21-29(27-43(38)54-39-18-7-4-14-35(39)47-42(54)24-22-33-32-12-2-6-17-37(32)53-49(33)47)31-16-10-11-30(28-51)50(31)55-40-19-8-3-13-34(40)46-41(55)25-26-45-48(46)36-15-5-9-20-44(36)56-45/h2-27,53H. The number of rotatable bonds is 3. The summed E-state index contributed by atoms with van der Waals surface area (Å²) in [5, 5.41) is 20.2. The summed E-state index contributed by atoms with van der Waals surface area (Å²) in [6.45, 7) is 8.35. The normalized spacial score (nSPS) is 11.9. The Morgan fingerprint density at radius 1 is 0.554 bits per heavy atom. The Balaban J connectivity index is 1.16.